The van der Waals surface area contributed by atoms with Gasteiger partial charge in [0, 0.05) is 33.1 Å². The van der Waals surface area contributed by atoms with E-state index in [4.69, 9.17) is 0 Å². The fraction of sp³-hybridized carbons (Fsp3) is 0.600. The number of hydrogen-bond donors (Lipinski definition) is 0. The first-order valence-electron chi connectivity index (χ1n) is 9.54. The standard InChI is InChI=1S/C20H29N3O2/c1-3-9-19(24)22-14-7-6-12-18(22)20(25)23-15-8-13-21(2)16-10-4-5-11-17(16)23/h4-5,10-11,18H,3,6-9,12-15H2,1-2H3. The molecule has 0 saturated carbocycles. The van der Waals surface area contributed by atoms with Crippen molar-refractivity contribution in [3.05, 3.63) is 24.3 Å². The first-order chi connectivity index (χ1) is 12.1. The number of fused-ring (bicyclic) bond motifs is 1. The van der Waals surface area contributed by atoms with Crippen LogP contribution in [0.15, 0.2) is 24.3 Å². The lowest BCUT2D eigenvalue weighted by molar-refractivity contribution is -0.141. The number of hydrogen-bond acceptors (Lipinski definition) is 3. The smallest absolute Gasteiger partial charge is 0.249 e. The summed E-state index contributed by atoms with van der Waals surface area (Å²) in [6.07, 6.45) is 5.09. The molecule has 3 rings (SSSR count). The number of rotatable bonds is 3. The predicted octanol–water partition coefficient (Wildman–Crippen LogP) is 3.04. The average Bonchev–Trinajstić information content (AvgIpc) is 2.81. The van der Waals surface area contributed by atoms with Crippen LogP contribution in [0.1, 0.15) is 45.4 Å². The molecule has 2 amide bonds. The first kappa shape index (κ1) is 17.8. The molecule has 1 fully saturated rings. The SMILES string of the molecule is CCCC(=O)N1CCCCC1C(=O)N1CCCN(C)c2ccccc21. The molecule has 1 atom stereocenters. The molecular formula is C20H29N3O2. The Morgan fingerprint density at radius 2 is 1.80 bits per heavy atom. The van der Waals surface area contributed by atoms with Crippen LogP contribution < -0.4 is 9.80 Å². The second kappa shape index (κ2) is 7.89. The summed E-state index contributed by atoms with van der Waals surface area (Å²) >= 11 is 0. The van der Waals surface area contributed by atoms with E-state index in [1.165, 1.54) is 0 Å². The van der Waals surface area contributed by atoms with Crippen LogP contribution in [0.25, 0.3) is 0 Å². The van der Waals surface area contributed by atoms with Crippen molar-refractivity contribution in [2.75, 3.05) is 36.5 Å². The maximum Gasteiger partial charge on any atom is 0.249 e. The molecule has 0 bridgehead atoms. The molecule has 2 heterocycles. The number of likely N-dealkylation sites (tertiary alicyclic amines) is 1. The molecule has 5 heteroatoms. The van der Waals surface area contributed by atoms with Crippen molar-refractivity contribution in [2.45, 2.75) is 51.5 Å². The fourth-order valence-electron chi connectivity index (χ4n) is 3.98. The summed E-state index contributed by atoms with van der Waals surface area (Å²) in [5.41, 5.74) is 2.07. The Balaban J connectivity index is 1.88. The van der Waals surface area contributed by atoms with Crippen molar-refractivity contribution in [2.24, 2.45) is 0 Å². The topological polar surface area (TPSA) is 43.9 Å². The van der Waals surface area contributed by atoms with Gasteiger partial charge in [0.05, 0.1) is 11.4 Å². The highest BCUT2D eigenvalue weighted by molar-refractivity contribution is 6.01. The molecule has 0 N–H and O–H groups in total. The molecule has 0 aliphatic carbocycles. The van der Waals surface area contributed by atoms with Gasteiger partial charge in [-0.05, 0) is 44.2 Å². The van der Waals surface area contributed by atoms with Crippen molar-refractivity contribution in [1.29, 1.82) is 0 Å². The molecule has 2 aliphatic rings. The number of benzene rings is 1. The van der Waals surface area contributed by atoms with Gasteiger partial charge in [0.1, 0.15) is 6.04 Å². The van der Waals surface area contributed by atoms with Gasteiger partial charge in [-0.1, -0.05) is 19.1 Å². The van der Waals surface area contributed by atoms with E-state index in [2.05, 4.69) is 18.0 Å². The third-order valence-electron chi connectivity index (χ3n) is 5.30. The Morgan fingerprint density at radius 3 is 2.56 bits per heavy atom. The molecule has 136 valence electrons. The van der Waals surface area contributed by atoms with Gasteiger partial charge in [0.15, 0.2) is 0 Å². The van der Waals surface area contributed by atoms with Crippen molar-refractivity contribution in [1.82, 2.24) is 4.90 Å². The fourth-order valence-corrected chi connectivity index (χ4v) is 3.98. The number of piperidine rings is 1. The number of carbonyl (C=O) groups excluding carboxylic acids is 2. The van der Waals surface area contributed by atoms with E-state index in [1.54, 1.807) is 0 Å². The number of anilines is 2. The Labute approximate surface area is 150 Å². The van der Waals surface area contributed by atoms with Crippen molar-refractivity contribution >= 4 is 23.2 Å². The maximum absolute atomic E-state index is 13.4. The highest BCUT2D eigenvalue weighted by Gasteiger charge is 2.36. The first-order valence-corrected chi connectivity index (χ1v) is 9.54. The normalized spacial score (nSPS) is 20.9. The summed E-state index contributed by atoms with van der Waals surface area (Å²) in [6.45, 7) is 4.38. The molecule has 2 aliphatic heterocycles. The zero-order valence-corrected chi connectivity index (χ0v) is 15.4. The van der Waals surface area contributed by atoms with E-state index < -0.39 is 0 Å². The minimum absolute atomic E-state index is 0.0897. The lowest BCUT2D eigenvalue weighted by Gasteiger charge is -2.38. The zero-order valence-electron chi connectivity index (χ0n) is 15.4. The van der Waals surface area contributed by atoms with Crippen LogP contribution in [0, 0.1) is 0 Å². The van der Waals surface area contributed by atoms with Gasteiger partial charge in [0.2, 0.25) is 11.8 Å². The molecule has 25 heavy (non-hydrogen) atoms. The van der Waals surface area contributed by atoms with Crippen LogP contribution in [0.5, 0.6) is 0 Å². The average molecular weight is 343 g/mol. The molecule has 0 aromatic heterocycles. The lowest BCUT2D eigenvalue weighted by Crippen LogP contribution is -2.53. The van der Waals surface area contributed by atoms with Crippen LogP contribution in [-0.4, -0.2) is 49.4 Å². The summed E-state index contributed by atoms with van der Waals surface area (Å²) in [6, 6.07) is 7.79. The van der Waals surface area contributed by atoms with Gasteiger partial charge < -0.3 is 14.7 Å². The van der Waals surface area contributed by atoms with Crippen molar-refractivity contribution in [3.63, 3.8) is 0 Å². The maximum atomic E-state index is 13.4. The second-order valence-corrected chi connectivity index (χ2v) is 7.10. The van der Waals surface area contributed by atoms with Crippen LogP contribution in [0.3, 0.4) is 0 Å². The van der Waals surface area contributed by atoms with E-state index in [1.807, 2.05) is 34.9 Å². The third-order valence-corrected chi connectivity index (χ3v) is 5.30. The van der Waals surface area contributed by atoms with Gasteiger partial charge in [-0.25, -0.2) is 0 Å². The highest BCUT2D eigenvalue weighted by atomic mass is 16.2. The summed E-state index contributed by atoms with van der Waals surface area (Å²) in [5, 5.41) is 0. The summed E-state index contributed by atoms with van der Waals surface area (Å²) < 4.78 is 0. The van der Waals surface area contributed by atoms with E-state index in [-0.39, 0.29) is 17.9 Å². The minimum atomic E-state index is -0.302. The number of nitrogens with zero attached hydrogens (tertiary/aromatic N) is 3. The van der Waals surface area contributed by atoms with Crippen LogP contribution in [0.2, 0.25) is 0 Å². The van der Waals surface area contributed by atoms with Crippen LogP contribution >= 0.6 is 0 Å². The Kier molecular flexibility index (Phi) is 5.61. The monoisotopic (exact) mass is 343 g/mol. The molecule has 1 aromatic carbocycles. The minimum Gasteiger partial charge on any atom is -0.373 e. The molecule has 1 aromatic rings. The quantitative estimate of drug-likeness (QED) is 0.847. The third kappa shape index (κ3) is 3.65. The second-order valence-electron chi connectivity index (χ2n) is 7.10. The van der Waals surface area contributed by atoms with Crippen LogP contribution in [-0.2, 0) is 9.59 Å². The van der Waals surface area contributed by atoms with Gasteiger partial charge in [-0.15, -0.1) is 0 Å². The summed E-state index contributed by atoms with van der Waals surface area (Å²) in [5.74, 6) is 0.215. The summed E-state index contributed by atoms with van der Waals surface area (Å²) in [4.78, 5) is 31.9. The van der Waals surface area contributed by atoms with Gasteiger partial charge in [0.25, 0.3) is 0 Å². The molecule has 1 unspecified atom stereocenters. The van der Waals surface area contributed by atoms with E-state index in [9.17, 15) is 9.59 Å². The summed E-state index contributed by atoms with van der Waals surface area (Å²) in [7, 11) is 2.07. The molecule has 1 saturated heterocycles. The zero-order chi connectivity index (χ0) is 17.8. The number of carbonyl (C=O) groups is 2. The largest absolute Gasteiger partial charge is 0.373 e. The van der Waals surface area contributed by atoms with Gasteiger partial charge >= 0.3 is 0 Å². The molecule has 5 nitrogen and oxygen atoms in total. The van der Waals surface area contributed by atoms with E-state index in [0.29, 0.717) is 19.5 Å². The van der Waals surface area contributed by atoms with E-state index in [0.717, 1.165) is 50.0 Å². The highest BCUT2D eigenvalue weighted by Crippen LogP contribution is 2.33. The molecule has 0 radical (unpaired) electrons. The van der Waals surface area contributed by atoms with Gasteiger partial charge in [-0.3, -0.25) is 9.59 Å². The predicted molar refractivity (Wildman–Crippen MR) is 101 cm³/mol. The van der Waals surface area contributed by atoms with Gasteiger partial charge in [-0.2, -0.15) is 0 Å². The van der Waals surface area contributed by atoms with Crippen LogP contribution in [0.4, 0.5) is 11.4 Å². The lowest BCUT2D eigenvalue weighted by atomic mass is 9.99. The number of amides is 2. The Bertz CT molecular complexity index is 631. The van der Waals surface area contributed by atoms with Crippen molar-refractivity contribution in [3.8, 4) is 0 Å². The Hall–Kier alpha value is -2.04. The van der Waals surface area contributed by atoms with Crippen molar-refractivity contribution < 1.29 is 9.59 Å². The van der Waals surface area contributed by atoms with E-state index >= 15 is 0 Å². The molecular weight excluding hydrogens is 314 g/mol. The number of para-hydroxylation sites is 2. The molecule has 0 spiro atoms. The Morgan fingerprint density at radius 1 is 1.04 bits per heavy atom.